The number of carbonyl (C=O) groups is 2. The summed E-state index contributed by atoms with van der Waals surface area (Å²) in [7, 11) is 0. The van der Waals surface area contributed by atoms with Crippen molar-refractivity contribution in [2.24, 2.45) is 0 Å². The Balaban J connectivity index is 1.54. The van der Waals surface area contributed by atoms with E-state index in [2.05, 4.69) is 10.2 Å². The van der Waals surface area contributed by atoms with Gasteiger partial charge in [-0.05, 0) is 44.5 Å². The van der Waals surface area contributed by atoms with Crippen LogP contribution in [0.25, 0.3) is 0 Å². The minimum Gasteiger partial charge on any atom is -0.468 e. The first-order valence-corrected chi connectivity index (χ1v) is 8.06. The Morgan fingerprint density at radius 2 is 2.09 bits per heavy atom. The largest absolute Gasteiger partial charge is 0.468 e. The van der Waals surface area contributed by atoms with E-state index in [0.29, 0.717) is 19.5 Å². The van der Waals surface area contributed by atoms with Crippen molar-refractivity contribution in [3.63, 3.8) is 0 Å². The number of furan rings is 1. The fourth-order valence-corrected chi connectivity index (χ4v) is 3.25. The first kappa shape index (κ1) is 15.1. The van der Waals surface area contributed by atoms with E-state index in [1.807, 2.05) is 12.1 Å². The third-order valence-corrected chi connectivity index (χ3v) is 4.45. The zero-order chi connectivity index (χ0) is 15.4. The maximum Gasteiger partial charge on any atom is 0.239 e. The monoisotopic (exact) mass is 305 g/mol. The molecule has 0 bridgehead atoms. The van der Waals surface area contributed by atoms with Gasteiger partial charge in [-0.2, -0.15) is 0 Å². The summed E-state index contributed by atoms with van der Waals surface area (Å²) in [4.78, 5) is 27.6. The molecule has 0 aliphatic carbocycles. The van der Waals surface area contributed by atoms with Gasteiger partial charge in [0.2, 0.25) is 11.8 Å². The van der Waals surface area contributed by atoms with Gasteiger partial charge in [0.15, 0.2) is 0 Å². The lowest BCUT2D eigenvalue weighted by molar-refractivity contribution is -0.133. The highest BCUT2D eigenvalue weighted by atomic mass is 16.3. The van der Waals surface area contributed by atoms with Crippen LogP contribution >= 0.6 is 0 Å². The van der Waals surface area contributed by atoms with Gasteiger partial charge in [0, 0.05) is 19.5 Å². The third-order valence-electron chi connectivity index (χ3n) is 4.45. The van der Waals surface area contributed by atoms with Crippen molar-refractivity contribution < 1.29 is 14.0 Å². The number of hydrogen-bond acceptors (Lipinski definition) is 4. The predicted octanol–water partition coefficient (Wildman–Crippen LogP) is 1.16. The van der Waals surface area contributed by atoms with Crippen LogP contribution in [0.4, 0.5) is 0 Å². The predicted molar refractivity (Wildman–Crippen MR) is 81.1 cm³/mol. The highest BCUT2D eigenvalue weighted by molar-refractivity contribution is 5.85. The van der Waals surface area contributed by atoms with Crippen molar-refractivity contribution in [3.8, 4) is 0 Å². The van der Waals surface area contributed by atoms with Crippen molar-refractivity contribution in [2.45, 2.75) is 31.7 Å². The van der Waals surface area contributed by atoms with Crippen molar-refractivity contribution in [3.05, 3.63) is 24.2 Å². The highest BCUT2D eigenvalue weighted by Gasteiger charge is 2.27. The second-order valence-electron chi connectivity index (χ2n) is 6.00. The summed E-state index contributed by atoms with van der Waals surface area (Å²) < 4.78 is 5.53. The molecule has 1 aromatic rings. The zero-order valence-electron chi connectivity index (χ0n) is 12.8. The lowest BCUT2D eigenvalue weighted by Crippen LogP contribution is -2.42. The quantitative estimate of drug-likeness (QED) is 0.856. The Bertz CT molecular complexity index is 509. The Morgan fingerprint density at radius 3 is 2.73 bits per heavy atom. The van der Waals surface area contributed by atoms with Crippen LogP contribution in [0.15, 0.2) is 22.8 Å². The van der Waals surface area contributed by atoms with Crippen molar-refractivity contribution in [1.29, 1.82) is 0 Å². The van der Waals surface area contributed by atoms with Crippen LogP contribution in [0, 0.1) is 0 Å². The van der Waals surface area contributed by atoms with Gasteiger partial charge in [0.1, 0.15) is 5.76 Å². The second kappa shape index (κ2) is 6.96. The lowest BCUT2D eigenvalue weighted by atomic mass is 10.2. The van der Waals surface area contributed by atoms with Crippen LogP contribution in [0.1, 0.15) is 37.5 Å². The molecule has 1 N–H and O–H groups in total. The van der Waals surface area contributed by atoms with E-state index in [4.69, 9.17) is 4.42 Å². The van der Waals surface area contributed by atoms with Crippen LogP contribution in [-0.4, -0.2) is 54.3 Å². The van der Waals surface area contributed by atoms with Gasteiger partial charge in [-0.25, -0.2) is 0 Å². The van der Waals surface area contributed by atoms with Gasteiger partial charge >= 0.3 is 0 Å². The van der Waals surface area contributed by atoms with E-state index < -0.39 is 0 Å². The van der Waals surface area contributed by atoms with E-state index in [0.717, 1.165) is 25.3 Å². The maximum absolute atomic E-state index is 12.1. The van der Waals surface area contributed by atoms with Crippen molar-refractivity contribution in [1.82, 2.24) is 15.1 Å². The summed E-state index contributed by atoms with van der Waals surface area (Å²) in [6, 6.07) is 3.91. The smallest absolute Gasteiger partial charge is 0.239 e. The molecular formula is C16H23N3O3. The molecule has 2 saturated heterocycles. The Labute approximate surface area is 130 Å². The van der Waals surface area contributed by atoms with E-state index in [1.54, 1.807) is 11.2 Å². The number of nitrogens with zero attached hydrogens (tertiary/aromatic N) is 2. The topological polar surface area (TPSA) is 65.8 Å². The Kier molecular flexibility index (Phi) is 4.77. The van der Waals surface area contributed by atoms with E-state index in [-0.39, 0.29) is 24.4 Å². The molecule has 0 saturated carbocycles. The van der Waals surface area contributed by atoms with Gasteiger partial charge < -0.3 is 14.6 Å². The number of rotatable bonds is 6. The molecule has 2 fully saturated rings. The van der Waals surface area contributed by atoms with Gasteiger partial charge in [-0.15, -0.1) is 0 Å². The fourth-order valence-electron chi connectivity index (χ4n) is 3.25. The number of nitrogens with one attached hydrogen (secondary N) is 1. The summed E-state index contributed by atoms with van der Waals surface area (Å²) in [5, 5.41) is 2.96. The standard InChI is InChI=1S/C16H23N3O3/c20-15(12-19-9-3-6-16(19)21)17-11-13(14-5-4-10-22-14)18-7-1-2-8-18/h4-5,10,13H,1-3,6-9,11-12H2,(H,17,20)/t13-/m1/s1. The first-order valence-electron chi connectivity index (χ1n) is 8.06. The molecule has 2 aliphatic heterocycles. The molecule has 0 unspecified atom stereocenters. The number of likely N-dealkylation sites (tertiary alicyclic amines) is 2. The average molecular weight is 305 g/mol. The normalized spacial score (nSPS) is 20.5. The van der Waals surface area contributed by atoms with E-state index in [1.165, 1.54) is 12.8 Å². The second-order valence-corrected chi connectivity index (χ2v) is 6.00. The van der Waals surface area contributed by atoms with Crippen LogP contribution in [0.3, 0.4) is 0 Å². The minimum atomic E-state index is -0.0917. The van der Waals surface area contributed by atoms with Crippen LogP contribution in [0.2, 0.25) is 0 Å². The van der Waals surface area contributed by atoms with Crippen molar-refractivity contribution >= 4 is 11.8 Å². The maximum atomic E-state index is 12.1. The third kappa shape index (κ3) is 3.50. The SMILES string of the molecule is O=C(CN1CCCC1=O)NC[C@H](c1ccco1)N1CCCC1. The van der Waals surface area contributed by atoms with Gasteiger partial charge in [-0.1, -0.05) is 0 Å². The Hall–Kier alpha value is -1.82. The van der Waals surface area contributed by atoms with Gasteiger partial charge in [0.25, 0.3) is 0 Å². The molecule has 22 heavy (non-hydrogen) atoms. The molecule has 1 atom stereocenters. The number of hydrogen-bond donors (Lipinski definition) is 1. The van der Waals surface area contributed by atoms with E-state index >= 15 is 0 Å². The average Bonchev–Trinajstić information content (AvgIpc) is 3.23. The van der Waals surface area contributed by atoms with E-state index in [9.17, 15) is 9.59 Å². The van der Waals surface area contributed by atoms with Crippen molar-refractivity contribution in [2.75, 3.05) is 32.7 Å². The Morgan fingerprint density at radius 1 is 1.27 bits per heavy atom. The molecule has 120 valence electrons. The lowest BCUT2D eigenvalue weighted by Gasteiger charge is -2.26. The number of amides is 2. The molecule has 2 aliphatic rings. The van der Waals surface area contributed by atoms with Crippen LogP contribution in [0.5, 0.6) is 0 Å². The summed E-state index contributed by atoms with van der Waals surface area (Å²) in [6.07, 6.45) is 5.47. The molecule has 3 heterocycles. The first-order chi connectivity index (χ1) is 10.7. The molecule has 3 rings (SSSR count). The molecule has 6 heteroatoms. The summed E-state index contributed by atoms with van der Waals surface area (Å²) >= 11 is 0. The highest BCUT2D eigenvalue weighted by Crippen LogP contribution is 2.24. The molecule has 2 amide bonds. The van der Waals surface area contributed by atoms with Crippen LogP contribution in [-0.2, 0) is 9.59 Å². The molecule has 1 aromatic heterocycles. The molecule has 6 nitrogen and oxygen atoms in total. The van der Waals surface area contributed by atoms with Gasteiger partial charge in [0.05, 0.1) is 18.8 Å². The minimum absolute atomic E-state index is 0.0794. The summed E-state index contributed by atoms with van der Waals surface area (Å²) in [5.41, 5.74) is 0. The molecule has 0 radical (unpaired) electrons. The summed E-state index contributed by atoms with van der Waals surface area (Å²) in [6.45, 7) is 3.45. The zero-order valence-corrected chi connectivity index (χ0v) is 12.8. The number of carbonyl (C=O) groups excluding carboxylic acids is 2. The van der Waals surface area contributed by atoms with Gasteiger partial charge in [-0.3, -0.25) is 14.5 Å². The molecular weight excluding hydrogens is 282 g/mol. The molecule has 0 aromatic carbocycles. The molecule has 0 spiro atoms. The van der Waals surface area contributed by atoms with Crippen LogP contribution < -0.4 is 5.32 Å². The fraction of sp³-hybridized carbons (Fsp3) is 0.625. The summed E-state index contributed by atoms with van der Waals surface area (Å²) in [5.74, 6) is 0.878.